The van der Waals surface area contributed by atoms with E-state index in [1.165, 1.54) is 11.7 Å². The van der Waals surface area contributed by atoms with Crippen molar-refractivity contribution in [2.45, 2.75) is 0 Å². The predicted molar refractivity (Wildman–Crippen MR) is 58.2 cm³/mol. The lowest BCUT2D eigenvalue weighted by Gasteiger charge is -2.19. The summed E-state index contributed by atoms with van der Waals surface area (Å²) in [6, 6.07) is 0. The summed E-state index contributed by atoms with van der Waals surface area (Å²) in [5, 5.41) is 0. The van der Waals surface area contributed by atoms with Gasteiger partial charge in [-0.2, -0.15) is 12.9 Å². The van der Waals surface area contributed by atoms with Crippen LogP contribution in [0.4, 0.5) is 16.8 Å². The standard InChI is InChI=1S/C4H9F4N4OP3/c1-9-15(7,8)11-16(10-14(5)6)12(2)3-4-13-16/h1,3-4H2,2H3. The SMILES string of the molecule is C=NP(F)(F)=NP1(=NP(F)F)OCCN1C. The van der Waals surface area contributed by atoms with Gasteiger partial charge in [0.15, 0.2) is 0 Å². The molecule has 0 saturated carbocycles. The Balaban J connectivity index is 3.28. The fourth-order valence-electron chi connectivity index (χ4n) is 0.987. The summed E-state index contributed by atoms with van der Waals surface area (Å²) in [7, 11) is -11.0. The van der Waals surface area contributed by atoms with E-state index in [4.69, 9.17) is 4.52 Å². The number of halogens is 4. The van der Waals surface area contributed by atoms with E-state index in [0.29, 0.717) is 0 Å². The third-order valence-electron chi connectivity index (χ3n) is 1.70. The molecule has 1 atom stereocenters. The molecular formula is C4H9F4N4OP3. The van der Waals surface area contributed by atoms with Crippen molar-refractivity contribution < 1.29 is 21.3 Å². The minimum atomic E-state index is -5.03. The predicted octanol–water partition coefficient (Wildman–Crippen LogP) is 4.65. The van der Waals surface area contributed by atoms with Gasteiger partial charge < -0.3 is 4.52 Å². The van der Waals surface area contributed by atoms with Crippen LogP contribution in [0.2, 0.25) is 0 Å². The van der Waals surface area contributed by atoms with Gasteiger partial charge in [-0.25, -0.2) is 9.43 Å². The van der Waals surface area contributed by atoms with E-state index in [1.807, 2.05) is 0 Å². The molecule has 0 spiro atoms. The Kier molecular flexibility index (Phi) is 4.66. The lowest BCUT2D eigenvalue weighted by Crippen LogP contribution is -2.07. The van der Waals surface area contributed by atoms with E-state index in [-0.39, 0.29) is 13.2 Å². The van der Waals surface area contributed by atoms with Crippen molar-refractivity contribution in [1.82, 2.24) is 4.67 Å². The van der Waals surface area contributed by atoms with Crippen LogP contribution in [0.1, 0.15) is 0 Å². The second kappa shape index (κ2) is 5.23. The first-order valence-corrected chi connectivity index (χ1v) is 8.04. The van der Waals surface area contributed by atoms with E-state index >= 15 is 0 Å². The van der Waals surface area contributed by atoms with Crippen molar-refractivity contribution in [2.24, 2.45) is 13.8 Å². The van der Waals surface area contributed by atoms with E-state index in [0.717, 1.165) is 0 Å². The summed E-state index contributed by atoms with van der Waals surface area (Å²) in [5.74, 6) is 0. The highest BCUT2D eigenvalue weighted by atomic mass is 31.3. The van der Waals surface area contributed by atoms with E-state index < -0.39 is 24.1 Å². The molecule has 0 aromatic heterocycles. The van der Waals surface area contributed by atoms with Gasteiger partial charge in [0.25, 0.3) is 7.58 Å². The Morgan fingerprint density at radius 2 is 2.12 bits per heavy atom. The summed E-state index contributed by atoms with van der Waals surface area (Å²) >= 11 is 0. The second-order valence-electron chi connectivity index (χ2n) is 2.72. The fourth-order valence-corrected chi connectivity index (χ4v) is 5.88. The van der Waals surface area contributed by atoms with Crippen molar-refractivity contribution in [3.63, 3.8) is 0 Å². The van der Waals surface area contributed by atoms with Gasteiger partial charge in [-0.3, -0.25) is 0 Å². The minimum Gasteiger partial charge on any atom is -0.314 e. The third kappa shape index (κ3) is 3.34. The molecule has 0 bridgehead atoms. The maximum atomic E-state index is 13.0. The number of hydrogen-bond acceptors (Lipinski definition) is 2. The van der Waals surface area contributed by atoms with Crippen LogP contribution in [0, 0.1) is 0 Å². The van der Waals surface area contributed by atoms with Gasteiger partial charge >= 0.3 is 16.5 Å². The van der Waals surface area contributed by atoms with Crippen LogP contribution in [-0.4, -0.2) is 31.6 Å². The summed E-state index contributed by atoms with van der Waals surface area (Å²) in [4.78, 5) is 0. The van der Waals surface area contributed by atoms with E-state index in [9.17, 15) is 16.8 Å². The molecule has 1 saturated heterocycles. The van der Waals surface area contributed by atoms with E-state index in [1.54, 1.807) is 0 Å². The average Bonchev–Trinajstić information content (AvgIpc) is 2.46. The van der Waals surface area contributed by atoms with Gasteiger partial charge in [0, 0.05) is 6.54 Å². The molecule has 1 fully saturated rings. The first kappa shape index (κ1) is 14.3. The maximum absolute atomic E-state index is 13.0. The average molecular weight is 298 g/mol. The van der Waals surface area contributed by atoms with E-state index in [2.05, 4.69) is 20.5 Å². The maximum Gasteiger partial charge on any atom is 0.419 e. The molecule has 0 radical (unpaired) electrons. The van der Waals surface area contributed by atoms with Crippen molar-refractivity contribution in [3.8, 4) is 0 Å². The molecule has 1 aliphatic rings. The van der Waals surface area contributed by atoms with Crippen LogP contribution in [-0.2, 0) is 4.52 Å². The quantitative estimate of drug-likeness (QED) is 0.432. The zero-order valence-electron chi connectivity index (χ0n) is 8.17. The van der Waals surface area contributed by atoms with Gasteiger partial charge in [-0.15, -0.1) is 12.9 Å². The summed E-state index contributed by atoms with van der Waals surface area (Å²) < 4.78 is 65.2. The Labute approximate surface area is 91.5 Å². The van der Waals surface area contributed by atoms with Gasteiger partial charge in [0.1, 0.15) is 0 Å². The minimum absolute atomic E-state index is 0.0532. The molecule has 94 valence electrons. The molecule has 0 aliphatic carbocycles. The van der Waals surface area contributed by atoms with Gasteiger partial charge in [-0.05, 0) is 13.8 Å². The molecule has 16 heavy (non-hydrogen) atoms. The molecule has 0 amide bonds. The Hall–Kier alpha value is 0.200. The monoisotopic (exact) mass is 298 g/mol. The van der Waals surface area contributed by atoms with Crippen LogP contribution in [0.15, 0.2) is 13.8 Å². The van der Waals surface area contributed by atoms with Crippen LogP contribution in [0.3, 0.4) is 0 Å². The normalized spacial score (nSPS) is 27.1. The Bertz CT molecular complexity index is 381. The first-order chi connectivity index (χ1) is 7.31. The number of nitrogens with zero attached hydrogens (tertiary/aromatic N) is 4. The summed E-state index contributed by atoms with van der Waals surface area (Å²) in [6.07, 6.45) is 0. The first-order valence-electron chi connectivity index (χ1n) is 3.93. The molecule has 5 nitrogen and oxygen atoms in total. The zero-order valence-corrected chi connectivity index (χ0v) is 10.9. The Morgan fingerprint density at radius 3 is 2.50 bits per heavy atom. The van der Waals surface area contributed by atoms with Crippen LogP contribution < -0.4 is 0 Å². The van der Waals surface area contributed by atoms with Gasteiger partial charge in [0.05, 0.1) is 6.61 Å². The largest absolute Gasteiger partial charge is 0.419 e. The topological polar surface area (TPSA) is 49.6 Å². The fraction of sp³-hybridized carbons (Fsp3) is 0.750. The highest BCUT2D eigenvalue weighted by molar-refractivity contribution is 7.71. The zero-order chi connectivity index (χ0) is 12.4. The highest BCUT2D eigenvalue weighted by Gasteiger charge is 2.37. The third-order valence-corrected chi connectivity index (χ3v) is 6.93. The van der Waals surface area contributed by atoms with Crippen molar-refractivity contribution >= 4 is 30.8 Å². The number of rotatable bonds is 3. The molecule has 1 aliphatic heterocycles. The molecule has 1 heterocycles. The molecule has 1 rings (SSSR count). The molecule has 12 heteroatoms. The number of likely N-dealkylation sites (N-methyl/N-ethyl adjacent to an activating group) is 1. The molecule has 0 N–H and O–H groups in total. The molecule has 0 aromatic carbocycles. The van der Waals surface area contributed by atoms with Crippen molar-refractivity contribution in [3.05, 3.63) is 0 Å². The lowest BCUT2D eigenvalue weighted by atomic mass is 10.7. The van der Waals surface area contributed by atoms with Crippen molar-refractivity contribution in [1.29, 1.82) is 0 Å². The van der Waals surface area contributed by atoms with Gasteiger partial charge in [0.2, 0.25) is 0 Å². The molecular weight excluding hydrogens is 289 g/mol. The summed E-state index contributed by atoms with van der Waals surface area (Å²) in [6.45, 7) is 2.98. The van der Waals surface area contributed by atoms with Crippen LogP contribution in [0.5, 0.6) is 0 Å². The van der Waals surface area contributed by atoms with Crippen LogP contribution >= 0.6 is 24.1 Å². The van der Waals surface area contributed by atoms with Crippen LogP contribution in [0.25, 0.3) is 0 Å². The van der Waals surface area contributed by atoms with Crippen molar-refractivity contribution in [2.75, 3.05) is 20.2 Å². The lowest BCUT2D eigenvalue weighted by molar-refractivity contribution is 0.390. The number of hydrogen-bond donors (Lipinski definition) is 0. The summed E-state index contributed by atoms with van der Waals surface area (Å²) in [5.41, 5.74) is 0. The second-order valence-corrected chi connectivity index (χ2v) is 7.74. The Morgan fingerprint density at radius 1 is 1.50 bits per heavy atom. The molecule has 1 unspecified atom stereocenters. The smallest absolute Gasteiger partial charge is 0.314 e. The highest BCUT2D eigenvalue weighted by Crippen LogP contribution is 2.72. The molecule has 0 aromatic rings. The van der Waals surface area contributed by atoms with Gasteiger partial charge in [-0.1, -0.05) is 0 Å².